The molecule has 0 amide bonds. The summed E-state index contributed by atoms with van der Waals surface area (Å²) in [5.41, 5.74) is 0.250. The van der Waals surface area contributed by atoms with E-state index in [2.05, 4.69) is 21.2 Å². The number of aromatic carboxylic acids is 1. The van der Waals surface area contributed by atoms with E-state index in [1.165, 1.54) is 12.1 Å². The SMILES string of the molecule is CSCCCNc1ccc(C(=O)O)c(Br)c1F. The Bertz CT molecular complexity index is 415. The van der Waals surface area contributed by atoms with Crippen LogP contribution in [0.3, 0.4) is 0 Å². The van der Waals surface area contributed by atoms with E-state index in [-0.39, 0.29) is 10.0 Å². The first-order valence-electron chi connectivity index (χ1n) is 5.02. The molecule has 1 aromatic rings. The van der Waals surface area contributed by atoms with Crippen LogP contribution in [0.5, 0.6) is 0 Å². The molecule has 0 saturated heterocycles. The highest BCUT2D eigenvalue weighted by Gasteiger charge is 2.15. The number of carbonyl (C=O) groups is 1. The minimum Gasteiger partial charge on any atom is -0.478 e. The van der Waals surface area contributed by atoms with Crippen molar-refractivity contribution in [1.29, 1.82) is 0 Å². The molecule has 0 radical (unpaired) electrons. The zero-order chi connectivity index (χ0) is 12.8. The molecule has 6 heteroatoms. The van der Waals surface area contributed by atoms with Gasteiger partial charge in [-0.1, -0.05) is 0 Å². The number of hydrogen-bond donors (Lipinski definition) is 2. The number of thioether (sulfide) groups is 1. The summed E-state index contributed by atoms with van der Waals surface area (Å²) in [6, 6.07) is 2.83. The Kier molecular flexibility index (Phi) is 5.77. The van der Waals surface area contributed by atoms with Gasteiger partial charge in [-0.15, -0.1) is 0 Å². The van der Waals surface area contributed by atoms with Gasteiger partial charge in [-0.3, -0.25) is 0 Å². The normalized spacial score (nSPS) is 10.3. The number of carboxylic acid groups (broad SMARTS) is 1. The number of hydrogen-bond acceptors (Lipinski definition) is 3. The number of nitrogens with one attached hydrogen (secondary N) is 1. The highest BCUT2D eigenvalue weighted by molar-refractivity contribution is 9.10. The summed E-state index contributed by atoms with van der Waals surface area (Å²) in [5.74, 6) is -0.707. The third-order valence-electron chi connectivity index (χ3n) is 2.15. The van der Waals surface area contributed by atoms with Gasteiger partial charge in [0.2, 0.25) is 0 Å². The molecule has 0 aliphatic rings. The number of carboxylic acids is 1. The van der Waals surface area contributed by atoms with Crippen molar-refractivity contribution in [3.8, 4) is 0 Å². The van der Waals surface area contributed by atoms with Gasteiger partial charge in [0.05, 0.1) is 15.7 Å². The third-order valence-corrected chi connectivity index (χ3v) is 3.63. The Morgan fingerprint density at radius 3 is 2.88 bits per heavy atom. The maximum atomic E-state index is 13.8. The molecule has 2 N–H and O–H groups in total. The Morgan fingerprint density at radius 2 is 2.29 bits per heavy atom. The predicted octanol–water partition coefficient (Wildman–Crippen LogP) is 3.45. The van der Waals surface area contributed by atoms with Gasteiger partial charge in [0.25, 0.3) is 0 Å². The number of halogens is 2. The van der Waals surface area contributed by atoms with Crippen molar-refractivity contribution in [2.24, 2.45) is 0 Å². The molecule has 17 heavy (non-hydrogen) atoms. The minimum atomic E-state index is -1.15. The van der Waals surface area contributed by atoms with Crippen molar-refractivity contribution < 1.29 is 14.3 Å². The van der Waals surface area contributed by atoms with E-state index in [1.807, 2.05) is 6.26 Å². The van der Waals surface area contributed by atoms with Crippen LogP contribution in [0.1, 0.15) is 16.8 Å². The van der Waals surface area contributed by atoms with Gasteiger partial charge in [0.15, 0.2) is 5.82 Å². The van der Waals surface area contributed by atoms with Crippen LogP contribution in [0.2, 0.25) is 0 Å². The lowest BCUT2D eigenvalue weighted by Gasteiger charge is -2.09. The molecule has 1 rings (SSSR count). The lowest BCUT2D eigenvalue weighted by atomic mass is 10.2. The first-order chi connectivity index (χ1) is 8.07. The maximum Gasteiger partial charge on any atom is 0.336 e. The fourth-order valence-corrected chi connectivity index (χ4v) is 2.24. The molecule has 0 aliphatic carbocycles. The van der Waals surface area contributed by atoms with Gasteiger partial charge in [-0.05, 0) is 46.5 Å². The molecule has 0 atom stereocenters. The first kappa shape index (κ1) is 14.3. The van der Waals surface area contributed by atoms with Gasteiger partial charge in [-0.2, -0.15) is 11.8 Å². The second-order valence-corrected chi connectivity index (χ2v) is 5.15. The van der Waals surface area contributed by atoms with E-state index in [1.54, 1.807) is 11.8 Å². The molecule has 3 nitrogen and oxygen atoms in total. The van der Waals surface area contributed by atoms with E-state index in [4.69, 9.17) is 5.11 Å². The van der Waals surface area contributed by atoms with Crippen LogP contribution in [0.25, 0.3) is 0 Å². The van der Waals surface area contributed by atoms with Crippen LogP contribution in [0.15, 0.2) is 16.6 Å². The van der Waals surface area contributed by atoms with Crippen molar-refractivity contribution in [3.05, 3.63) is 28.0 Å². The van der Waals surface area contributed by atoms with Crippen molar-refractivity contribution in [2.75, 3.05) is 23.9 Å². The number of anilines is 1. The van der Waals surface area contributed by atoms with Crippen molar-refractivity contribution >= 4 is 39.3 Å². The van der Waals surface area contributed by atoms with E-state index in [0.717, 1.165) is 12.2 Å². The second kappa shape index (κ2) is 6.86. The quantitative estimate of drug-likeness (QED) is 0.788. The summed E-state index contributed by atoms with van der Waals surface area (Å²) in [4.78, 5) is 10.8. The highest BCUT2D eigenvalue weighted by atomic mass is 79.9. The molecule has 0 unspecified atom stereocenters. The summed E-state index contributed by atoms with van der Waals surface area (Å²) in [6.45, 7) is 0.663. The van der Waals surface area contributed by atoms with Crippen LogP contribution >= 0.6 is 27.7 Å². The van der Waals surface area contributed by atoms with E-state index in [0.29, 0.717) is 12.2 Å². The lowest BCUT2D eigenvalue weighted by Crippen LogP contribution is -2.07. The van der Waals surface area contributed by atoms with Gasteiger partial charge < -0.3 is 10.4 Å². The fourth-order valence-electron chi connectivity index (χ4n) is 1.29. The summed E-state index contributed by atoms with van der Waals surface area (Å²) >= 11 is 4.68. The topological polar surface area (TPSA) is 49.3 Å². The minimum absolute atomic E-state index is 0.0140. The molecule has 0 bridgehead atoms. The molecular weight excluding hydrogens is 309 g/mol. The summed E-state index contributed by atoms with van der Waals surface area (Å²) < 4.78 is 13.7. The number of rotatable bonds is 6. The van der Waals surface area contributed by atoms with Gasteiger partial charge in [0.1, 0.15) is 0 Å². The van der Waals surface area contributed by atoms with E-state index < -0.39 is 11.8 Å². The zero-order valence-electron chi connectivity index (χ0n) is 9.30. The van der Waals surface area contributed by atoms with Crippen molar-refractivity contribution in [1.82, 2.24) is 0 Å². The smallest absolute Gasteiger partial charge is 0.336 e. The van der Waals surface area contributed by atoms with Crippen LogP contribution in [-0.4, -0.2) is 29.6 Å². The molecule has 0 aromatic heterocycles. The van der Waals surface area contributed by atoms with Crippen LogP contribution < -0.4 is 5.32 Å². The fraction of sp³-hybridized carbons (Fsp3) is 0.364. The molecule has 94 valence electrons. The molecular formula is C11H13BrFNO2S. The Hall–Kier alpha value is -0.750. The summed E-state index contributed by atoms with van der Waals surface area (Å²) in [6.07, 6.45) is 2.94. The Morgan fingerprint density at radius 1 is 1.59 bits per heavy atom. The van der Waals surface area contributed by atoms with Gasteiger partial charge in [-0.25, -0.2) is 9.18 Å². The van der Waals surface area contributed by atoms with Crippen LogP contribution in [0, 0.1) is 5.82 Å². The largest absolute Gasteiger partial charge is 0.478 e. The van der Waals surface area contributed by atoms with E-state index in [9.17, 15) is 9.18 Å². The first-order valence-corrected chi connectivity index (χ1v) is 7.20. The predicted molar refractivity (Wildman–Crippen MR) is 72.5 cm³/mol. The molecule has 1 aromatic carbocycles. The third kappa shape index (κ3) is 3.89. The molecule has 0 spiro atoms. The molecule has 0 fully saturated rings. The number of benzene rings is 1. The summed E-state index contributed by atoms with van der Waals surface area (Å²) in [7, 11) is 0. The summed E-state index contributed by atoms with van der Waals surface area (Å²) in [5, 5.41) is 11.8. The Balaban J connectivity index is 2.75. The van der Waals surface area contributed by atoms with Crippen molar-refractivity contribution in [2.45, 2.75) is 6.42 Å². The average Bonchev–Trinajstić information content (AvgIpc) is 2.29. The lowest BCUT2D eigenvalue weighted by molar-refractivity contribution is 0.0695. The van der Waals surface area contributed by atoms with Crippen LogP contribution in [0.4, 0.5) is 10.1 Å². The monoisotopic (exact) mass is 321 g/mol. The van der Waals surface area contributed by atoms with Gasteiger partial charge >= 0.3 is 5.97 Å². The molecule has 0 saturated carbocycles. The van der Waals surface area contributed by atoms with Crippen LogP contribution in [-0.2, 0) is 0 Å². The van der Waals surface area contributed by atoms with E-state index >= 15 is 0 Å². The Labute approximate surface area is 112 Å². The molecule has 0 aliphatic heterocycles. The van der Waals surface area contributed by atoms with Crippen molar-refractivity contribution in [3.63, 3.8) is 0 Å². The van der Waals surface area contributed by atoms with Gasteiger partial charge in [0, 0.05) is 6.54 Å². The average molecular weight is 322 g/mol. The zero-order valence-corrected chi connectivity index (χ0v) is 11.7. The second-order valence-electron chi connectivity index (χ2n) is 3.37. The standard InChI is InChI=1S/C11H13BrFNO2S/c1-17-6-2-5-14-8-4-3-7(11(15)16)9(12)10(8)13/h3-4,14H,2,5-6H2,1H3,(H,15,16). The molecule has 0 heterocycles. The highest BCUT2D eigenvalue weighted by Crippen LogP contribution is 2.27. The maximum absolute atomic E-state index is 13.8.